The largest absolute Gasteiger partial charge is 0.451 e. The van der Waals surface area contributed by atoms with E-state index in [9.17, 15) is 9.59 Å². The van der Waals surface area contributed by atoms with E-state index in [0.717, 1.165) is 5.56 Å². The molecule has 25 heavy (non-hydrogen) atoms. The van der Waals surface area contributed by atoms with Gasteiger partial charge in [0.25, 0.3) is 5.91 Å². The molecular weight excluding hydrogens is 326 g/mol. The molecule has 9 heteroatoms. The molecule has 0 fully saturated rings. The maximum atomic E-state index is 12.4. The van der Waals surface area contributed by atoms with E-state index in [1.165, 1.54) is 11.8 Å². The van der Waals surface area contributed by atoms with E-state index in [-0.39, 0.29) is 5.70 Å². The summed E-state index contributed by atoms with van der Waals surface area (Å²) < 4.78 is 11.2. The standard InChI is InChI=1S/C16H19N5O4/c1-12-18-19-20-21(12)14(10-13-6-4-3-5-7-13)16(23)25-11-15(22)17-8-9-24-2/h3-7,10H,8-9,11H2,1-2H3,(H,17,22)/b14-10-. The van der Waals surface area contributed by atoms with Crippen LogP contribution in [0.25, 0.3) is 11.8 Å². The second-order valence-electron chi connectivity index (χ2n) is 5.00. The molecule has 0 atom stereocenters. The normalized spacial score (nSPS) is 11.2. The molecule has 132 valence electrons. The highest BCUT2D eigenvalue weighted by Gasteiger charge is 2.18. The molecular formula is C16H19N5O4. The first-order chi connectivity index (χ1) is 12.1. The predicted molar refractivity (Wildman–Crippen MR) is 89.0 cm³/mol. The van der Waals surface area contributed by atoms with E-state index in [0.29, 0.717) is 19.0 Å². The van der Waals surface area contributed by atoms with E-state index in [1.807, 2.05) is 30.3 Å². The Bertz CT molecular complexity index is 742. The number of nitrogens with one attached hydrogen (secondary N) is 1. The number of hydrogen-bond acceptors (Lipinski definition) is 7. The molecule has 2 aromatic rings. The average Bonchev–Trinajstić information content (AvgIpc) is 3.04. The molecule has 0 radical (unpaired) electrons. The number of amides is 1. The first kappa shape index (κ1) is 18.3. The quantitative estimate of drug-likeness (QED) is 0.416. The summed E-state index contributed by atoms with van der Waals surface area (Å²) in [6.45, 7) is 1.97. The van der Waals surface area contributed by atoms with Crippen molar-refractivity contribution in [3.05, 3.63) is 41.7 Å². The molecule has 0 bridgehead atoms. The van der Waals surface area contributed by atoms with Gasteiger partial charge in [-0.3, -0.25) is 4.79 Å². The van der Waals surface area contributed by atoms with Gasteiger partial charge in [0.05, 0.1) is 6.61 Å². The van der Waals surface area contributed by atoms with Crippen molar-refractivity contribution < 1.29 is 19.1 Å². The predicted octanol–water partition coefficient (Wildman–Crippen LogP) is 0.285. The molecule has 0 spiro atoms. The van der Waals surface area contributed by atoms with Crippen molar-refractivity contribution in [2.75, 3.05) is 26.9 Å². The zero-order valence-corrected chi connectivity index (χ0v) is 14.0. The van der Waals surface area contributed by atoms with E-state index in [2.05, 4.69) is 20.8 Å². The summed E-state index contributed by atoms with van der Waals surface area (Å²) in [7, 11) is 1.53. The second-order valence-corrected chi connectivity index (χ2v) is 5.00. The lowest BCUT2D eigenvalue weighted by Crippen LogP contribution is -2.31. The maximum Gasteiger partial charge on any atom is 0.357 e. The summed E-state index contributed by atoms with van der Waals surface area (Å²) in [5.41, 5.74) is 0.882. The minimum atomic E-state index is -0.707. The number of carbonyl (C=O) groups is 2. The van der Waals surface area contributed by atoms with Gasteiger partial charge in [-0.1, -0.05) is 30.3 Å². The molecule has 0 aliphatic carbocycles. The monoisotopic (exact) mass is 345 g/mol. The van der Waals surface area contributed by atoms with Crippen LogP contribution in [0.1, 0.15) is 11.4 Å². The minimum Gasteiger partial charge on any atom is -0.451 e. The van der Waals surface area contributed by atoms with Crippen molar-refractivity contribution in [3.8, 4) is 0 Å². The second kappa shape index (κ2) is 9.28. The van der Waals surface area contributed by atoms with Crippen LogP contribution in [0.15, 0.2) is 30.3 Å². The summed E-state index contributed by atoms with van der Waals surface area (Å²) in [5.74, 6) is -0.706. The summed E-state index contributed by atoms with van der Waals surface area (Å²) in [4.78, 5) is 24.1. The highest BCUT2D eigenvalue weighted by Crippen LogP contribution is 2.13. The molecule has 1 aromatic heterocycles. The number of hydrogen-bond donors (Lipinski definition) is 1. The lowest BCUT2D eigenvalue weighted by molar-refractivity contribution is -0.143. The molecule has 0 saturated heterocycles. The molecule has 0 aliphatic heterocycles. The number of rotatable bonds is 8. The fraction of sp³-hybridized carbons (Fsp3) is 0.312. The number of esters is 1. The van der Waals surface area contributed by atoms with Gasteiger partial charge in [0, 0.05) is 13.7 Å². The molecule has 9 nitrogen and oxygen atoms in total. The van der Waals surface area contributed by atoms with Gasteiger partial charge in [0.2, 0.25) is 0 Å². The van der Waals surface area contributed by atoms with Gasteiger partial charge >= 0.3 is 5.97 Å². The molecule has 1 N–H and O–H groups in total. The number of aryl methyl sites for hydroxylation is 1. The number of carbonyl (C=O) groups excluding carboxylic acids is 2. The van der Waals surface area contributed by atoms with E-state index in [4.69, 9.17) is 9.47 Å². The highest BCUT2D eigenvalue weighted by atomic mass is 16.5. The minimum absolute atomic E-state index is 0.110. The number of nitrogens with zero attached hydrogens (tertiary/aromatic N) is 4. The Morgan fingerprint density at radius 2 is 2.04 bits per heavy atom. The van der Waals surface area contributed by atoms with Gasteiger partial charge in [-0.15, -0.1) is 5.10 Å². The third kappa shape index (κ3) is 5.50. The van der Waals surface area contributed by atoms with E-state index in [1.54, 1.807) is 13.0 Å². The topological polar surface area (TPSA) is 108 Å². The molecule has 0 aliphatic rings. The summed E-state index contributed by atoms with van der Waals surface area (Å²) >= 11 is 0. The van der Waals surface area contributed by atoms with Crippen molar-refractivity contribution in [3.63, 3.8) is 0 Å². The Kier molecular flexibility index (Phi) is 6.78. The van der Waals surface area contributed by atoms with Gasteiger partial charge < -0.3 is 14.8 Å². The Morgan fingerprint density at radius 1 is 1.28 bits per heavy atom. The van der Waals surface area contributed by atoms with Crippen molar-refractivity contribution in [2.24, 2.45) is 0 Å². The summed E-state index contributed by atoms with van der Waals surface area (Å²) in [6, 6.07) is 9.19. The third-order valence-electron chi connectivity index (χ3n) is 3.13. The summed E-state index contributed by atoms with van der Waals surface area (Å²) in [5, 5.41) is 13.7. The molecule has 0 unspecified atom stereocenters. The summed E-state index contributed by atoms with van der Waals surface area (Å²) in [6.07, 6.45) is 1.59. The zero-order valence-electron chi connectivity index (χ0n) is 14.0. The van der Waals surface area contributed by atoms with Gasteiger partial charge in [-0.25, -0.2) is 4.79 Å². The van der Waals surface area contributed by atoms with Crippen LogP contribution in [0, 0.1) is 6.92 Å². The smallest absolute Gasteiger partial charge is 0.357 e. The first-order valence-corrected chi connectivity index (χ1v) is 7.56. The molecule has 1 amide bonds. The van der Waals surface area contributed by atoms with Crippen molar-refractivity contribution in [1.82, 2.24) is 25.5 Å². The van der Waals surface area contributed by atoms with Crippen molar-refractivity contribution in [2.45, 2.75) is 6.92 Å². The Labute approximate surface area is 144 Å². The van der Waals surface area contributed by atoms with Crippen LogP contribution < -0.4 is 5.32 Å². The lowest BCUT2D eigenvalue weighted by Gasteiger charge is -2.09. The number of tetrazole rings is 1. The number of methoxy groups -OCH3 is 1. The van der Waals surface area contributed by atoms with Crippen molar-refractivity contribution in [1.29, 1.82) is 0 Å². The van der Waals surface area contributed by atoms with E-state index < -0.39 is 18.5 Å². The number of aromatic nitrogens is 4. The fourth-order valence-corrected chi connectivity index (χ4v) is 1.92. The Balaban J connectivity index is 2.11. The zero-order chi connectivity index (χ0) is 18.1. The number of benzene rings is 1. The number of ether oxygens (including phenoxy) is 2. The van der Waals surface area contributed by atoms with Crippen LogP contribution in [0.3, 0.4) is 0 Å². The van der Waals surface area contributed by atoms with Crippen LogP contribution in [0.2, 0.25) is 0 Å². The lowest BCUT2D eigenvalue weighted by atomic mass is 10.2. The van der Waals surface area contributed by atoms with Crippen LogP contribution in [-0.2, 0) is 19.1 Å². The first-order valence-electron chi connectivity index (χ1n) is 7.56. The molecule has 1 aromatic carbocycles. The Hall–Kier alpha value is -3.07. The van der Waals surface area contributed by atoms with Crippen LogP contribution >= 0.6 is 0 Å². The SMILES string of the molecule is COCCNC(=O)COC(=O)/C(=C/c1ccccc1)n1nnnc1C. The molecule has 2 rings (SSSR count). The van der Waals surface area contributed by atoms with Crippen LogP contribution in [-0.4, -0.2) is 59.0 Å². The van der Waals surface area contributed by atoms with Gasteiger partial charge in [0.15, 0.2) is 18.1 Å². The van der Waals surface area contributed by atoms with Crippen LogP contribution in [0.4, 0.5) is 0 Å². The maximum absolute atomic E-state index is 12.4. The average molecular weight is 345 g/mol. The Morgan fingerprint density at radius 3 is 2.68 bits per heavy atom. The fourth-order valence-electron chi connectivity index (χ4n) is 1.92. The highest BCUT2D eigenvalue weighted by molar-refractivity contribution is 6.15. The van der Waals surface area contributed by atoms with Gasteiger partial charge in [0.1, 0.15) is 0 Å². The van der Waals surface area contributed by atoms with Crippen molar-refractivity contribution >= 4 is 23.6 Å². The van der Waals surface area contributed by atoms with Gasteiger partial charge in [-0.2, -0.15) is 4.68 Å². The van der Waals surface area contributed by atoms with Gasteiger partial charge in [-0.05, 0) is 29.0 Å². The third-order valence-corrected chi connectivity index (χ3v) is 3.13. The van der Waals surface area contributed by atoms with E-state index >= 15 is 0 Å². The molecule has 0 saturated carbocycles. The molecule has 1 heterocycles. The van der Waals surface area contributed by atoms with Crippen LogP contribution in [0.5, 0.6) is 0 Å².